The molecule has 2 aromatic heterocycles. The molecule has 32 heavy (non-hydrogen) atoms. The van der Waals surface area contributed by atoms with Gasteiger partial charge in [-0.3, -0.25) is 19.1 Å². The van der Waals surface area contributed by atoms with E-state index in [-0.39, 0.29) is 41.0 Å². The fourth-order valence-electron chi connectivity index (χ4n) is 2.69. The van der Waals surface area contributed by atoms with Crippen LogP contribution in [0.3, 0.4) is 0 Å². The Hall–Kier alpha value is -3.01. The number of nitrogens with two attached hydrogens (primary N) is 2. The lowest BCUT2D eigenvalue weighted by Gasteiger charge is -2.24. The maximum Gasteiger partial charge on any atom is 0.453 e. The summed E-state index contributed by atoms with van der Waals surface area (Å²) in [7, 11) is 1.38. The number of nitrogen functional groups attached to an aromatic ring is 2. The van der Waals surface area contributed by atoms with Crippen LogP contribution in [0.15, 0.2) is 14.7 Å². The van der Waals surface area contributed by atoms with Crippen LogP contribution in [-0.4, -0.2) is 56.3 Å². The zero-order chi connectivity index (χ0) is 24.1. The predicted octanol–water partition coefficient (Wildman–Crippen LogP) is 0.0147. The number of rotatable bonds is 10. The Morgan fingerprint density at radius 3 is 2.56 bits per heavy atom. The first-order chi connectivity index (χ1) is 15.0. The number of ether oxygens (including phenoxy) is 1. The molecule has 0 atom stereocenters. The van der Waals surface area contributed by atoms with E-state index in [1.165, 1.54) is 7.11 Å². The van der Waals surface area contributed by atoms with Crippen molar-refractivity contribution in [2.45, 2.75) is 37.6 Å². The van der Waals surface area contributed by atoms with Crippen LogP contribution in [0.2, 0.25) is 0 Å². The summed E-state index contributed by atoms with van der Waals surface area (Å²) in [6.07, 6.45) is -3.46. The van der Waals surface area contributed by atoms with Gasteiger partial charge in [-0.15, -0.1) is 10.2 Å². The zero-order valence-electron chi connectivity index (χ0n) is 17.3. The van der Waals surface area contributed by atoms with E-state index < -0.39 is 34.9 Å². The third kappa shape index (κ3) is 5.61. The first-order valence-electron chi connectivity index (χ1n) is 9.35. The second-order valence-corrected chi connectivity index (χ2v) is 7.44. The third-order valence-electron chi connectivity index (χ3n) is 4.28. The van der Waals surface area contributed by atoms with Crippen molar-refractivity contribution in [1.29, 1.82) is 0 Å². The maximum atomic E-state index is 12.9. The summed E-state index contributed by atoms with van der Waals surface area (Å²) in [6.45, 7) is 2.05. The number of carbonyl (C=O) groups is 1. The van der Waals surface area contributed by atoms with E-state index in [9.17, 15) is 27.6 Å². The fraction of sp³-hybridized carbons (Fsp3) is 0.562. The number of H-pyrrole nitrogens is 1. The molecule has 0 unspecified atom stereocenters. The van der Waals surface area contributed by atoms with Gasteiger partial charge in [-0.05, 0) is 6.42 Å². The topological polar surface area (TPSA) is 167 Å². The van der Waals surface area contributed by atoms with Crippen LogP contribution in [0.4, 0.5) is 24.7 Å². The number of hydrogen-bond donors (Lipinski definition) is 3. The number of halogens is 3. The molecule has 0 aromatic carbocycles. The highest BCUT2D eigenvalue weighted by molar-refractivity contribution is 7.99. The summed E-state index contributed by atoms with van der Waals surface area (Å²) in [5, 5.41) is 5.97. The first kappa shape index (κ1) is 25.3. The molecule has 0 fully saturated rings. The van der Waals surface area contributed by atoms with E-state index >= 15 is 0 Å². The summed E-state index contributed by atoms with van der Waals surface area (Å²) < 4.78 is 44.8. The van der Waals surface area contributed by atoms with Crippen molar-refractivity contribution in [3.05, 3.63) is 26.7 Å². The molecule has 2 heterocycles. The molecule has 0 spiro atoms. The Balaban J connectivity index is 2.34. The first-order valence-corrected chi connectivity index (χ1v) is 10.3. The number of thioether (sulfide) groups is 1. The van der Waals surface area contributed by atoms with Crippen LogP contribution in [0, 0.1) is 0 Å². The van der Waals surface area contributed by atoms with Crippen LogP contribution in [0.5, 0.6) is 0 Å². The number of anilines is 2. The second-order valence-electron chi connectivity index (χ2n) is 6.50. The van der Waals surface area contributed by atoms with Gasteiger partial charge in [0.05, 0.1) is 12.4 Å². The number of aromatic amines is 1. The van der Waals surface area contributed by atoms with Crippen molar-refractivity contribution in [2.24, 2.45) is 0 Å². The third-order valence-corrected chi connectivity index (χ3v) is 5.21. The zero-order valence-corrected chi connectivity index (χ0v) is 18.1. The van der Waals surface area contributed by atoms with Gasteiger partial charge in [0.25, 0.3) is 11.4 Å². The van der Waals surface area contributed by atoms with Crippen molar-refractivity contribution in [2.75, 3.05) is 42.5 Å². The largest absolute Gasteiger partial charge is 0.453 e. The Labute approximate surface area is 183 Å². The predicted molar refractivity (Wildman–Crippen MR) is 111 cm³/mol. The number of carbonyl (C=O) groups excluding carboxylic acids is 1. The fourth-order valence-corrected chi connectivity index (χ4v) is 3.43. The average molecular weight is 480 g/mol. The van der Waals surface area contributed by atoms with Crippen molar-refractivity contribution in [3.8, 4) is 0 Å². The minimum absolute atomic E-state index is 0.0225. The molecular formula is C16H23F3N8O4S. The van der Waals surface area contributed by atoms with Gasteiger partial charge in [0.2, 0.25) is 11.1 Å². The molecule has 0 aliphatic carbocycles. The van der Waals surface area contributed by atoms with Gasteiger partial charge in [0, 0.05) is 20.2 Å². The van der Waals surface area contributed by atoms with Crippen LogP contribution < -0.4 is 27.7 Å². The standard InChI is InChI=1S/C16H23F3N8O4S/c1-3-4-5-26-11(20)10(12(29)22-14(26)30)25(6-7-31-2)9(28)8-32-15-24-23-13(27(15)21)16(17,18)19/h3-8,20-21H2,1-2H3,(H,22,29,30). The normalized spacial score (nSPS) is 11.7. The molecule has 0 bridgehead atoms. The summed E-state index contributed by atoms with van der Waals surface area (Å²) >= 11 is 0.592. The van der Waals surface area contributed by atoms with Crippen LogP contribution in [0.25, 0.3) is 0 Å². The molecule has 0 saturated carbocycles. The van der Waals surface area contributed by atoms with Gasteiger partial charge in [0.1, 0.15) is 5.82 Å². The molecule has 2 aromatic rings. The Morgan fingerprint density at radius 2 is 2.00 bits per heavy atom. The molecule has 1 amide bonds. The number of alkyl halides is 3. The summed E-state index contributed by atoms with van der Waals surface area (Å²) in [5.41, 5.74) is 4.20. The van der Waals surface area contributed by atoms with Gasteiger partial charge < -0.3 is 21.2 Å². The highest BCUT2D eigenvalue weighted by Crippen LogP contribution is 2.29. The lowest BCUT2D eigenvalue weighted by molar-refractivity contribution is -0.146. The Morgan fingerprint density at radius 1 is 1.31 bits per heavy atom. The Bertz CT molecular complexity index is 1070. The minimum Gasteiger partial charge on any atom is -0.383 e. The van der Waals surface area contributed by atoms with Crippen molar-refractivity contribution in [1.82, 2.24) is 24.4 Å². The lowest BCUT2D eigenvalue weighted by Crippen LogP contribution is -2.43. The van der Waals surface area contributed by atoms with Gasteiger partial charge >= 0.3 is 11.9 Å². The van der Waals surface area contributed by atoms with Crippen molar-refractivity contribution >= 4 is 29.2 Å². The summed E-state index contributed by atoms with van der Waals surface area (Å²) in [4.78, 5) is 40.6. The number of hydrogen-bond acceptors (Lipinski definition) is 9. The molecule has 12 nitrogen and oxygen atoms in total. The highest BCUT2D eigenvalue weighted by atomic mass is 32.2. The monoisotopic (exact) mass is 480 g/mol. The lowest BCUT2D eigenvalue weighted by atomic mass is 10.3. The number of aromatic nitrogens is 5. The number of nitrogens with zero attached hydrogens (tertiary/aromatic N) is 5. The quantitative estimate of drug-likeness (QED) is 0.313. The Kier molecular flexibility index (Phi) is 8.31. The van der Waals surface area contributed by atoms with E-state index in [1.54, 1.807) is 0 Å². The van der Waals surface area contributed by atoms with Gasteiger partial charge in [-0.1, -0.05) is 25.1 Å². The summed E-state index contributed by atoms with van der Waals surface area (Å²) in [5.74, 6) is 2.60. The van der Waals surface area contributed by atoms with Gasteiger partial charge in [-0.25, -0.2) is 9.47 Å². The molecule has 5 N–H and O–H groups in total. The van der Waals surface area contributed by atoms with Crippen molar-refractivity contribution < 1.29 is 22.7 Å². The smallest absolute Gasteiger partial charge is 0.383 e. The number of amides is 1. The molecule has 0 aliphatic heterocycles. The van der Waals surface area contributed by atoms with Gasteiger partial charge in [0.15, 0.2) is 5.69 Å². The van der Waals surface area contributed by atoms with E-state index in [2.05, 4.69) is 15.2 Å². The van der Waals surface area contributed by atoms with Crippen LogP contribution in [0.1, 0.15) is 25.6 Å². The number of unbranched alkanes of at least 4 members (excludes halogenated alkanes) is 1. The minimum atomic E-state index is -4.82. The molecule has 0 aliphatic rings. The molecule has 2 rings (SSSR count). The molecule has 0 radical (unpaired) electrons. The molecular weight excluding hydrogens is 457 g/mol. The van der Waals surface area contributed by atoms with E-state index in [0.29, 0.717) is 18.2 Å². The highest BCUT2D eigenvalue weighted by Gasteiger charge is 2.38. The van der Waals surface area contributed by atoms with E-state index in [0.717, 1.165) is 15.9 Å². The van der Waals surface area contributed by atoms with E-state index in [1.807, 2.05) is 6.92 Å². The SMILES string of the molecule is CCCCn1c(N)c(N(CCOC)C(=O)CSc2nnc(C(F)(F)F)n2N)c(=O)[nH]c1=O. The average Bonchev–Trinajstić information content (AvgIpc) is 3.09. The van der Waals surface area contributed by atoms with Crippen LogP contribution >= 0.6 is 11.8 Å². The van der Waals surface area contributed by atoms with Gasteiger partial charge in [-0.2, -0.15) is 13.2 Å². The molecule has 0 saturated heterocycles. The van der Waals surface area contributed by atoms with E-state index in [4.69, 9.17) is 16.3 Å². The number of methoxy groups -OCH3 is 1. The number of nitrogens with one attached hydrogen (secondary N) is 1. The molecule has 178 valence electrons. The maximum absolute atomic E-state index is 12.9. The van der Waals surface area contributed by atoms with Crippen LogP contribution in [-0.2, 0) is 22.3 Å². The van der Waals surface area contributed by atoms with Crippen molar-refractivity contribution in [3.63, 3.8) is 0 Å². The summed E-state index contributed by atoms with van der Waals surface area (Å²) in [6, 6.07) is 0. The molecule has 16 heteroatoms. The second kappa shape index (κ2) is 10.5.